The van der Waals surface area contributed by atoms with Crippen LogP contribution in [-0.4, -0.2) is 43.8 Å². The number of hydrogen-bond acceptors (Lipinski definition) is 3. The Kier molecular flexibility index (Phi) is 4.57. The first kappa shape index (κ1) is 12.1. The fourth-order valence-electron chi connectivity index (χ4n) is 1.84. The van der Waals surface area contributed by atoms with Crippen molar-refractivity contribution in [3.8, 4) is 11.8 Å². The predicted octanol–water partition coefficient (Wildman–Crippen LogP) is 0.698. The van der Waals surface area contributed by atoms with Gasteiger partial charge >= 0.3 is 0 Å². The Morgan fingerprint density at radius 3 is 2.94 bits per heavy atom. The van der Waals surface area contributed by atoms with Crippen LogP contribution in [0.1, 0.15) is 5.56 Å². The minimum absolute atomic E-state index is 0.169. The molecule has 0 radical (unpaired) electrons. The van der Waals surface area contributed by atoms with Gasteiger partial charge in [0.05, 0.1) is 19.3 Å². The molecule has 0 saturated carbocycles. The second-order valence-electron chi connectivity index (χ2n) is 4.13. The zero-order chi connectivity index (χ0) is 11.9. The van der Waals surface area contributed by atoms with Crippen LogP contribution in [0.3, 0.4) is 0 Å². The molecule has 1 aliphatic heterocycles. The van der Waals surface area contributed by atoms with Crippen molar-refractivity contribution in [2.45, 2.75) is 6.10 Å². The highest BCUT2D eigenvalue weighted by Crippen LogP contribution is 2.03. The molecule has 3 nitrogen and oxygen atoms in total. The maximum atomic E-state index is 5.60. The molecule has 0 spiro atoms. The lowest BCUT2D eigenvalue weighted by Gasteiger charge is -2.30. The molecule has 1 aliphatic rings. The SMILES string of the molecule is NCC1CN(CC#Cc2ccccc2)CCO1. The quantitative estimate of drug-likeness (QED) is 0.760. The van der Waals surface area contributed by atoms with E-state index < -0.39 is 0 Å². The molecule has 90 valence electrons. The molecular formula is C14H18N2O. The Balaban J connectivity index is 1.84. The molecule has 17 heavy (non-hydrogen) atoms. The standard InChI is InChI=1S/C14H18N2O/c15-11-14-12-16(9-10-17-14)8-4-7-13-5-2-1-3-6-13/h1-3,5-6,14H,8-12,15H2. The van der Waals surface area contributed by atoms with Gasteiger partial charge < -0.3 is 10.5 Å². The second-order valence-corrected chi connectivity index (χ2v) is 4.13. The van der Waals surface area contributed by atoms with Crippen molar-refractivity contribution in [2.75, 3.05) is 32.8 Å². The monoisotopic (exact) mass is 230 g/mol. The zero-order valence-electron chi connectivity index (χ0n) is 9.93. The van der Waals surface area contributed by atoms with Crippen molar-refractivity contribution in [2.24, 2.45) is 5.73 Å². The minimum Gasteiger partial charge on any atom is -0.374 e. The molecule has 0 aromatic heterocycles. The summed E-state index contributed by atoms with van der Waals surface area (Å²) in [5.74, 6) is 6.36. The molecule has 1 aromatic rings. The van der Waals surface area contributed by atoms with E-state index in [1.165, 1.54) is 0 Å². The van der Waals surface area contributed by atoms with Gasteiger partial charge in [-0.15, -0.1) is 0 Å². The van der Waals surface area contributed by atoms with E-state index in [1.54, 1.807) is 0 Å². The summed E-state index contributed by atoms with van der Waals surface area (Å²) in [4.78, 5) is 2.29. The number of hydrogen-bond donors (Lipinski definition) is 1. The van der Waals surface area contributed by atoms with Crippen molar-refractivity contribution in [3.63, 3.8) is 0 Å². The number of nitrogens with two attached hydrogens (primary N) is 1. The summed E-state index contributed by atoms with van der Waals surface area (Å²) in [5, 5.41) is 0. The first-order valence-corrected chi connectivity index (χ1v) is 5.96. The zero-order valence-corrected chi connectivity index (χ0v) is 9.93. The van der Waals surface area contributed by atoms with Crippen molar-refractivity contribution in [3.05, 3.63) is 35.9 Å². The summed E-state index contributed by atoms with van der Waals surface area (Å²) in [5.41, 5.74) is 6.66. The summed E-state index contributed by atoms with van der Waals surface area (Å²) >= 11 is 0. The van der Waals surface area contributed by atoms with E-state index in [-0.39, 0.29) is 6.10 Å². The third-order valence-corrected chi connectivity index (χ3v) is 2.79. The molecule has 0 aliphatic carbocycles. The third-order valence-electron chi connectivity index (χ3n) is 2.79. The van der Waals surface area contributed by atoms with E-state index in [0.29, 0.717) is 6.54 Å². The van der Waals surface area contributed by atoms with Crippen LogP contribution in [0.5, 0.6) is 0 Å². The summed E-state index contributed by atoms with van der Waals surface area (Å²) in [6, 6.07) is 10.1. The Morgan fingerprint density at radius 1 is 1.35 bits per heavy atom. The van der Waals surface area contributed by atoms with E-state index >= 15 is 0 Å². The number of rotatable bonds is 2. The third kappa shape index (κ3) is 3.86. The molecule has 1 unspecified atom stereocenters. The molecule has 2 N–H and O–H groups in total. The molecule has 1 aromatic carbocycles. The Labute approximate surface area is 103 Å². The van der Waals surface area contributed by atoms with Gasteiger partial charge in [-0.1, -0.05) is 30.0 Å². The van der Waals surface area contributed by atoms with Gasteiger partial charge in [0.1, 0.15) is 0 Å². The van der Waals surface area contributed by atoms with Gasteiger partial charge in [-0.2, -0.15) is 0 Å². The van der Waals surface area contributed by atoms with Crippen LogP contribution in [0.4, 0.5) is 0 Å². The number of morpholine rings is 1. The van der Waals surface area contributed by atoms with Crippen LogP contribution < -0.4 is 5.73 Å². The summed E-state index contributed by atoms with van der Waals surface area (Å²) < 4.78 is 5.51. The fraction of sp³-hybridized carbons (Fsp3) is 0.429. The maximum Gasteiger partial charge on any atom is 0.0824 e. The lowest BCUT2D eigenvalue weighted by Crippen LogP contribution is -2.45. The molecule has 1 heterocycles. The summed E-state index contributed by atoms with van der Waals surface area (Å²) in [6.07, 6.45) is 0.169. The fourth-order valence-corrected chi connectivity index (χ4v) is 1.84. The number of nitrogens with zero attached hydrogens (tertiary/aromatic N) is 1. The molecule has 2 rings (SSSR count). The van der Waals surface area contributed by atoms with E-state index in [1.807, 2.05) is 30.3 Å². The predicted molar refractivity (Wildman–Crippen MR) is 68.6 cm³/mol. The van der Waals surface area contributed by atoms with E-state index in [9.17, 15) is 0 Å². The first-order valence-electron chi connectivity index (χ1n) is 5.96. The van der Waals surface area contributed by atoms with Gasteiger partial charge in [-0.25, -0.2) is 0 Å². The summed E-state index contributed by atoms with van der Waals surface area (Å²) in [6.45, 7) is 3.96. The van der Waals surface area contributed by atoms with Gasteiger partial charge in [-0.3, -0.25) is 4.90 Å². The lowest BCUT2D eigenvalue weighted by atomic mass is 10.2. The Hall–Kier alpha value is -1.34. The Morgan fingerprint density at radius 2 is 2.18 bits per heavy atom. The normalized spacial score (nSPS) is 20.6. The maximum absolute atomic E-state index is 5.60. The molecule has 1 saturated heterocycles. The van der Waals surface area contributed by atoms with E-state index in [0.717, 1.165) is 31.8 Å². The molecule has 0 bridgehead atoms. The van der Waals surface area contributed by atoms with Crippen molar-refractivity contribution in [1.29, 1.82) is 0 Å². The van der Waals surface area contributed by atoms with Crippen LogP contribution in [0.25, 0.3) is 0 Å². The van der Waals surface area contributed by atoms with Gasteiger partial charge in [0.15, 0.2) is 0 Å². The first-order chi connectivity index (χ1) is 8.38. The lowest BCUT2D eigenvalue weighted by molar-refractivity contribution is -0.0184. The largest absolute Gasteiger partial charge is 0.374 e. The van der Waals surface area contributed by atoms with E-state index in [4.69, 9.17) is 10.5 Å². The topological polar surface area (TPSA) is 38.5 Å². The number of ether oxygens (including phenoxy) is 1. The molecule has 1 fully saturated rings. The van der Waals surface area contributed by atoms with Crippen LogP contribution in [0.2, 0.25) is 0 Å². The summed E-state index contributed by atoms with van der Waals surface area (Å²) in [7, 11) is 0. The van der Waals surface area contributed by atoms with Crippen LogP contribution in [0, 0.1) is 11.8 Å². The van der Waals surface area contributed by atoms with Crippen molar-refractivity contribution >= 4 is 0 Å². The number of benzene rings is 1. The van der Waals surface area contributed by atoms with Crippen molar-refractivity contribution < 1.29 is 4.74 Å². The van der Waals surface area contributed by atoms with Crippen LogP contribution in [0.15, 0.2) is 30.3 Å². The highest BCUT2D eigenvalue weighted by Gasteiger charge is 2.17. The second kappa shape index (κ2) is 6.41. The Bertz CT molecular complexity index is 394. The van der Waals surface area contributed by atoms with Gasteiger partial charge in [0.25, 0.3) is 0 Å². The molecule has 1 atom stereocenters. The smallest absolute Gasteiger partial charge is 0.0824 e. The van der Waals surface area contributed by atoms with Crippen molar-refractivity contribution in [1.82, 2.24) is 4.90 Å². The average Bonchev–Trinajstić information content (AvgIpc) is 2.40. The van der Waals surface area contributed by atoms with Gasteiger partial charge in [0.2, 0.25) is 0 Å². The highest BCUT2D eigenvalue weighted by atomic mass is 16.5. The van der Waals surface area contributed by atoms with E-state index in [2.05, 4.69) is 16.7 Å². The molecule has 0 amide bonds. The minimum atomic E-state index is 0.169. The molecule has 3 heteroatoms. The molecular weight excluding hydrogens is 212 g/mol. The highest BCUT2D eigenvalue weighted by molar-refractivity contribution is 5.33. The van der Waals surface area contributed by atoms with Crippen LogP contribution >= 0.6 is 0 Å². The van der Waals surface area contributed by atoms with Crippen LogP contribution in [-0.2, 0) is 4.74 Å². The average molecular weight is 230 g/mol. The van der Waals surface area contributed by atoms with Gasteiger partial charge in [-0.05, 0) is 12.1 Å². The van der Waals surface area contributed by atoms with Gasteiger partial charge in [0, 0.05) is 25.2 Å².